The molecule has 0 aliphatic carbocycles. The average molecular weight is 283 g/mol. The molecule has 3 nitrogen and oxygen atoms in total. The zero-order chi connectivity index (χ0) is 11.6. The van der Waals surface area contributed by atoms with E-state index >= 15 is 0 Å². The highest BCUT2D eigenvalue weighted by molar-refractivity contribution is 9.11. The molecule has 0 atom stereocenters. The van der Waals surface area contributed by atoms with Gasteiger partial charge in [0.25, 0.3) is 5.56 Å². The summed E-state index contributed by atoms with van der Waals surface area (Å²) in [7, 11) is 0. The first kappa shape index (κ1) is 12.0. The van der Waals surface area contributed by atoms with Crippen LogP contribution in [-0.2, 0) is 12.7 Å². The van der Waals surface area contributed by atoms with Gasteiger partial charge in [-0.15, -0.1) is 0 Å². The predicted molar refractivity (Wildman–Crippen MR) is 51.6 cm³/mol. The lowest BCUT2D eigenvalue weighted by Crippen LogP contribution is -2.25. The Bertz CT molecular complexity index is 438. The summed E-state index contributed by atoms with van der Waals surface area (Å²) in [5.41, 5.74) is -1.71. The van der Waals surface area contributed by atoms with Gasteiger partial charge in [-0.1, -0.05) is 22.5 Å². The summed E-state index contributed by atoms with van der Waals surface area (Å²) in [6.45, 7) is 3.32. The van der Waals surface area contributed by atoms with Crippen molar-refractivity contribution in [3.8, 4) is 0 Å². The Kier molecular flexibility index (Phi) is 3.33. The number of halogens is 4. The van der Waals surface area contributed by atoms with Gasteiger partial charge >= 0.3 is 6.18 Å². The molecule has 1 aromatic rings. The number of aromatic nitrogens is 2. The fourth-order valence-corrected chi connectivity index (χ4v) is 1.11. The molecule has 15 heavy (non-hydrogen) atoms. The first-order valence-electron chi connectivity index (χ1n) is 3.79. The number of nitrogens with zero attached hydrogens (tertiary/aromatic N) is 2. The molecule has 0 spiro atoms. The molecule has 0 N–H and O–H groups in total. The van der Waals surface area contributed by atoms with Crippen LogP contribution >= 0.6 is 15.9 Å². The molecule has 0 aromatic carbocycles. The number of hydrogen-bond donors (Lipinski definition) is 0. The van der Waals surface area contributed by atoms with E-state index in [1.807, 2.05) is 0 Å². The minimum Gasteiger partial charge on any atom is -0.268 e. The van der Waals surface area contributed by atoms with Crippen LogP contribution in [0.15, 0.2) is 28.0 Å². The van der Waals surface area contributed by atoms with Crippen LogP contribution in [0.25, 0.3) is 0 Å². The van der Waals surface area contributed by atoms with E-state index in [9.17, 15) is 18.0 Å². The summed E-state index contributed by atoms with van der Waals surface area (Å²) in [6.07, 6.45) is -4.55. The molecule has 82 valence electrons. The third-order valence-corrected chi connectivity index (χ3v) is 1.73. The highest BCUT2D eigenvalue weighted by Crippen LogP contribution is 2.26. The molecule has 0 fully saturated rings. The maximum Gasteiger partial charge on any atom is 0.435 e. The summed E-state index contributed by atoms with van der Waals surface area (Å²) < 4.78 is 37.7. The van der Waals surface area contributed by atoms with E-state index in [0.29, 0.717) is 15.2 Å². The monoisotopic (exact) mass is 282 g/mol. The molecular formula is C8H6BrF3N2O. The van der Waals surface area contributed by atoms with Gasteiger partial charge in [0.15, 0.2) is 5.69 Å². The molecule has 1 rings (SSSR count). The van der Waals surface area contributed by atoms with Crippen LogP contribution in [0.1, 0.15) is 5.69 Å². The van der Waals surface area contributed by atoms with E-state index in [4.69, 9.17) is 0 Å². The molecule has 1 heterocycles. The molecule has 0 radical (unpaired) electrons. The van der Waals surface area contributed by atoms with Crippen LogP contribution in [0.4, 0.5) is 13.2 Å². The van der Waals surface area contributed by atoms with Crippen molar-refractivity contribution in [1.82, 2.24) is 9.78 Å². The van der Waals surface area contributed by atoms with Gasteiger partial charge in [-0.05, 0) is 6.07 Å². The van der Waals surface area contributed by atoms with Crippen molar-refractivity contribution in [2.24, 2.45) is 0 Å². The van der Waals surface area contributed by atoms with E-state index < -0.39 is 17.4 Å². The van der Waals surface area contributed by atoms with Gasteiger partial charge in [-0.2, -0.15) is 18.3 Å². The van der Waals surface area contributed by atoms with Crippen LogP contribution < -0.4 is 5.56 Å². The van der Waals surface area contributed by atoms with Gasteiger partial charge in [0.2, 0.25) is 0 Å². The van der Waals surface area contributed by atoms with Crippen molar-refractivity contribution in [1.29, 1.82) is 0 Å². The summed E-state index contributed by atoms with van der Waals surface area (Å²) in [5, 5.41) is 3.17. The second-order valence-electron chi connectivity index (χ2n) is 2.73. The average Bonchev–Trinajstić information content (AvgIpc) is 2.06. The van der Waals surface area contributed by atoms with Crippen LogP contribution in [0, 0.1) is 0 Å². The summed E-state index contributed by atoms with van der Waals surface area (Å²) in [5.74, 6) is 0. The lowest BCUT2D eigenvalue weighted by Gasteiger charge is -2.08. The zero-order valence-electron chi connectivity index (χ0n) is 7.38. The second kappa shape index (κ2) is 4.18. The zero-order valence-corrected chi connectivity index (χ0v) is 8.97. The first-order chi connectivity index (χ1) is 6.80. The maximum atomic E-state index is 12.2. The quantitative estimate of drug-likeness (QED) is 0.833. The smallest absolute Gasteiger partial charge is 0.268 e. The third kappa shape index (κ3) is 3.19. The highest BCUT2D eigenvalue weighted by Gasteiger charge is 2.33. The van der Waals surface area contributed by atoms with Gasteiger partial charge in [0, 0.05) is 10.5 Å². The van der Waals surface area contributed by atoms with E-state index in [1.165, 1.54) is 0 Å². The maximum absolute atomic E-state index is 12.2. The van der Waals surface area contributed by atoms with Crippen LogP contribution in [-0.4, -0.2) is 9.78 Å². The van der Waals surface area contributed by atoms with Gasteiger partial charge in [-0.3, -0.25) is 4.79 Å². The first-order valence-corrected chi connectivity index (χ1v) is 4.58. The Hall–Kier alpha value is -1.11. The lowest BCUT2D eigenvalue weighted by molar-refractivity contribution is -0.142. The Labute approximate surface area is 91.3 Å². The molecule has 0 bridgehead atoms. The van der Waals surface area contributed by atoms with Gasteiger partial charge < -0.3 is 0 Å². The molecule has 1 aromatic heterocycles. The lowest BCUT2D eigenvalue weighted by atomic mass is 10.4. The number of hydrogen-bond acceptors (Lipinski definition) is 2. The van der Waals surface area contributed by atoms with Crippen LogP contribution in [0.5, 0.6) is 0 Å². The van der Waals surface area contributed by atoms with Gasteiger partial charge in [0.05, 0.1) is 6.54 Å². The minimum absolute atomic E-state index is 0.0945. The van der Waals surface area contributed by atoms with Crippen molar-refractivity contribution in [2.45, 2.75) is 12.7 Å². The Morgan fingerprint density at radius 3 is 2.60 bits per heavy atom. The Morgan fingerprint density at radius 2 is 2.13 bits per heavy atom. The SMILES string of the molecule is C=C(Br)Cn1nc(C(F)(F)F)ccc1=O. The number of rotatable bonds is 2. The fraction of sp³-hybridized carbons (Fsp3) is 0.250. The van der Waals surface area contributed by atoms with Crippen LogP contribution in [0.2, 0.25) is 0 Å². The minimum atomic E-state index is -4.55. The van der Waals surface area contributed by atoms with Crippen molar-refractivity contribution >= 4 is 15.9 Å². The molecule has 0 saturated carbocycles. The largest absolute Gasteiger partial charge is 0.435 e. The van der Waals surface area contributed by atoms with Crippen molar-refractivity contribution in [2.75, 3.05) is 0 Å². The molecule has 0 aliphatic heterocycles. The summed E-state index contributed by atoms with van der Waals surface area (Å²) in [4.78, 5) is 11.1. The summed E-state index contributed by atoms with van der Waals surface area (Å²) in [6, 6.07) is 1.47. The number of alkyl halides is 3. The van der Waals surface area contributed by atoms with E-state index in [0.717, 1.165) is 6.07 Å². The van der Waals surface area contributed by atoms with E-state index in [-0.39, 0.29) is 6.54 Å². The molecule has 0 saturated heterocycles. The second-order valence-corrected chi connectivity index (χ2v) is 3.85. The van der Waals surface area contributed by atoms with Crippen molar-refractivity contribution in [3.05, 3.63) is 39.2 Å². The topological polar surface area (TPSA) is 34.9 Å². The number of allylic oxidation sites excluding steroid dienone is 1. The third-order valence-electron chi connectivity index (χ3n) is 1.48. The molecule has 7 heteroatoms. The molecule has 0 amide bonds. The van der Waals surface area contributed by atoms with E-state index in [2.05, 4.69) is 27.6 Å². The van der Waals surface area contributed by atoms with Crippen molar-refractivity contribution < 1.29 is 13.2 Å². The summed E-state index contributed by atoms with van der Waals surface area (Å²) >= 11 is 2.94. The van der Waals surface area contributed by atoms with Crippen molar-refractivity contribution in [3.63, 3.8) is 0 Å². The normalized spacial score (nSPS) is 11.5. The van der Waals surface area contributed by atoms with Gasteiger partial charge in [0.1, 0.15) is 0 Å². The molecule has 0 aliphatic rings. The highest BCUT2D eigenvalue weighted by atomic mass is 79.9. The Balaban J connectivity index is 3.17. The van der Waals surface area contributed by atoms with Gasteiger partial charge in [-0.25, -0.2) is 4.68 Å². The standard InChI is InChI=1S/C8H6BrF3N2O/c1-5(9)4-14-7(15)3-2-6(13-14)8(10,11)12/h2-3H,1,4H2. The van der Waals surface area contributed by atoms with Crippen LogP contribution in [0.3, 0.4) is 0 Å². The predicted octanol–water partition coefficient (Wildman–Crippen LogP) is 2.17. The van der Waals surface area contributed by atoms with E-state index in [1.54, 1.807) is 0 Å². The fourth-order valence-electron chi connectivity index (χ4n) is 0.876. The molecular weight excluding hydrogens is 277 g/mol. The Morgan fingerprint density at radius 1 is 1.53 bits per heavy atom. The molecule has 0 unspecified atom stereocenters.